The summed E-state index contributed by atoms with van der Waals surface area (Å²) in [5.74, 6) is -0.255. The first-order chi connectivity index (χ1) is 12.0. The molecule has 0 aliphatic rings. The van der Waals surface area contributed by atoms with Crippen molar-refractivity contribution in [3.63, 3.8) is 0 Å². The van der Waals surface area contributed by atoms with Crippen LogP contribution in [0.1, 0.15) is 11.1 Å². The average Bonchev–Trinajstić information content (AvgIpc) is 2.57. The molecule has 138 valence electrons. The predicted octanol–water partition coefficient (Wildman–Crippen LogP) is -1.84. The number of nitrogens with zero attached hydrogens (tertiary/aromatic N) is 3. The fourth-order valence-corrected chi connectivity index (χ4v) is 2.03. The molecular formula is C16H17IN4O4S. The first-order valence-corrected chi connectivity index (χ1v) is 8.27. The summed E-state index contributed by atoms with van der Waals surface area (Å²) < 4.78 is 0. The molecule has 0 bridgehead atoms. The topological polar surface area (TPSA) is 135 Å². The molecule has 6 N–H and O–H groups in total. The number of halogens is 1. The number of aromatic hydroxyl groups is 4. The minimum Gasteiger partial charge on any atom is -1.00 e. The second-order valence-corrected chi connectivity index (χ2v) is 5.61. The highest BCUT2D eigenvalue weighted by Crippen LogP contribution is 2.21. The number of nitrogens with two attached hydrogens (primary N) is 1. The Balaban J connectivity index is 0.00000338. The van der Waals surface area contributed by atoms with Gasteiger partial charge in [-0.15, -0.1) is 0 Å². The van der Waals surface area contributed by atoms with Crippen LogP contribution in [-0.4, -0.2) is 44.3 Å². The van der Waals surface area contributed by atoms with E-state index in [-0.39, 0.29) is 47.0 Å². The Labute approximate surface area is 171 Å². The van der Waals surface area contributed by atoms with Crippen molar-refractivity contribution in [1.29, 1.82) is 0 Å². The highest BCUT2D eigenvalue weighted by Gasteiger charge is 2.03. The lowest BCUT2D eigenvalue weighted by Gasteiger charge is -1.98. The van der Waals surface area contributed by atoms with Crippen molar-refractivity contribution in [3.05, 3.63) is 47.5 Å². The van der Waals surface area contributed by atoms with Crippen LogP contribution in [0.4, 0.5) is 0 Å². The molecule has 0 unspecified atom stereocenters. The van der Waals surface area contributed by atoms with E-state index in [0.29, 0.717) is 16.3 Å². The Morgan fingerprint density at radius 3 is 1.96 bits per heavy atom. The zero-order valence-electron chi connectivity index (χ0n) is 13.6. The van der Waals surface area contributed by atoms with Crippen molar-refractivity contribution >= 4 is 29.4 Å². The molecule has 0 atom stereocenters. The van der Waals surface area contributed by atoms with E-state index >= 15 is 0 Å². The van der Waals surface area contributed by atoms with E-state index in [1.165, 1.54) is 66.0 Å². The molecule has 0 heterocycles. The minimum absolute atomic E-state index is 0. The molecule has 0 aliphatic carbocycles. The van der Waals surface area contributed by atoms with Crippen molar-refractivity contribution in [2.75, 3.05) is 6.26 Å². The van der Waals surface area contributed by atoms with Crippen LogP contribution >= 0.6 is 11.8 Å². The summed E-state index contributed by atoms with van der Waals surface area (Å²) in [6.07, 6.45) is 4.58. The van der Waals surface area contributed by atoms with Gasteiger partial charge in [-0.25, -0.2) is 0 Å². The van der Waals surface area contributed by atoms with Crippen molar-refractivity contribution in [3.8, 4) is 23.0 Å². The first-order valence-electron chi connectivity index (χ1n) is 7.05. The molecule has 26 heavy (non-hydrogen) atoms. The Bertz CT molecular complexity index is 843. The molecule has 8 nitrogen and oxygen atoms in total. The van der Waals surface area contributed by atoms with E-state index < -0.39 is 0 Å². The number of hydrogen-bond acceptors (Lipinski definition) is 8. The van der Waals surface area contributed by atoms with Gasteiger partial charge >= 0.3 is 5.17 Å². The third-order valence-electron chi connectivity index (χ3n) is 2.99. The fourth-order valence-electron chi connectivity index (χ4n) is 1.73. The van der Waals surface area contributed by atoms with Crippen LogP contribution in [0.25, 0.3) is 0 Å². The summed E-state index contributed by atoms with van der Waals surface area (Å²) in [6, 6.07) is 8.35. The van der Waals surface area contributed by atoms with Crippen LogP contribution < -0.4 is 29.4 Å². The normalized spacial score (nSPS) is 11.8. The van der Waals surface area contributed by atoms with E-state index in [9.17, 15) is 20.4 Å². The maximum Gasteiger partial charge on any atom is 0.305 e. The number of amidine groups is 1. The fraction of sp³-hybridized carbons (Fsp3) is 0.0625. The molecule has 0 saturated heterocycles. The first kappa shape index (κ1) is 21.7. The van der Waals surface area contributed by atoms with Gasteiger partial charge in [0.1, 0.15) is 23.0 Å². The van der Waals surface area contributed by atoms with Gasteiger partial charge in [0.25, 0.3) is 0 Å². The molecule has 2 aromatic carbocycles. The molecule has 0 aromatic heterocycles. The molecule has 2 aromatic rings. The van der Waals surface area contributed by atoms with E-state index in [0.717, 1.165) is 0 Å². The Hall–Kier alpha value is -2.31. The number of rotatable bonds is 4. The Morgan fingerprint density at radius 1 is 0.923 bits per heavy atom. The lowest BCUT2D eigenvalue weighted by molar-refractivity contribution is -0.539. The SMILES string of the molecule is CS/C(=N/N=Cc1ccc(O)cc1O)[NH2+]N=Cc1ccc(O)cc1O.[I-]. The van der Waals surface area contributed by atoms with Crippen LogP contribution in [0.15, 0.2) is 51.7 Å². The predicted molar refractivity (Wildman–Crippen MR) is 97.6 cm³/mol. The zero-order chi connectivity index (χ0) is 18.2. The maximum absolute atomic E-state index is 9.66. The molecular weight excluding hydrogens is 471 g/mol. The number of hydrogen-bond donors (Lipinski definition) is 5. The van der Waals surface area contributed by atoms with Crippen LogP contribution in [-0.2, 0) is 0 Å². The van der Waals surface area contributed by atoms with Gasteiger partial charge in [-0.05, 0) is 42.3 Å². The number of benzene rings is 2. The number of phenols is 4. The Kier molecular flexibility index (Phi) is 8.88. The molecule has 0 amide bonds. The van der Waals surface area contributed by atoms with Gasteiger partial charge in [-0.3, -0.25) is 0 Å². The third-order valence-corrected chi connectivity index (χ3v) is 3.59. The van der Waals surface area contributed by atoms with Crippen molar-refractivity contribution in [1.82, 2.24) is 0 Å². The zero-order valence-corrected chi connectivity index (χ0v) is 16.6. The standard InChI is InChI=1S/C16H16N4O4S.HI/c1-25-16(19-17-8-10-2-4-12(21)6-14(10)23)20-18-9-11-3-5-13(22)7-15(11)24;/h2-9,21-24H,1H3,(H,19,20);1H. The minimum atomic E-state index is -0.102. The average molecular weight is 488 g/mol. The molecule has 0 radical (unpaired) electrons. The summed E-state index contributed by atoms with van der Waals surface area (Å²) in [5, 5.41) is 50.2. The third kappa shape index (κ3) is 6.54. The summed E-state index contributed by atoms with van der Waals surface area (Å²) in [6.45, 7) is 0. The maximum atomic E-state index is 9.66. The van der Waals surface area contributed by atoms with Gasteiger partial charge < -0.3 is 44.4 Å². The number of quaternary nitrogens is 1. The Morgan fingerprint density at radius 2 is 1.46 bits per heavy atom. The van der Waals surface area contributed by atoms with Gasteiger partial charge in [-0.1, -0.05) is 10.2 Å². The quantitative estimate of drug-likeness (QED) is 0.113. The van der Waals surface area contributed by atoms with E-state index in [4.69, 9.17) is 0 Å². The lowest BCUT2D eigenvalue weighted by atomic mass is 10.2. The molecule has 0 saturated carbocycles. The van der Waals surface area contributed by atoms with Crippen LogP contribution in [0.2, 0.25) is 0 Å². The molecule has 0 spiro atoms. The largest absolute Gasteiger partial charge is 1.00 e. The lowest BCUT2D eigenvalue weighted by Crippen LogP contribution is -3.00. The molecule has 2 rings (SSSR count). The summed E-state index contributed by atoms with van der Waals surface area (Å²) in [5.41, 5.74) is 2.33. The van der Waals surface area contributed by atoms with E-state index in [1.807, 2.05) is 0 Å². The van der Waals surface area contributed by atoms with Crippen LogP contribution in [0.5, 0.6) is 23.0 Å². The van der Waals surface area contributed by atoms with E-state index in [2.05, 4.69) is 15.3 Å². The van der Waals surface area contributed by atoms with E-state index in [1.54, 1.807) is 6.26 Å². The van der Waals surface area contributed by atoms with Gasteiger partial charge in [0.2, 0.25) is 0 Å². The van der Waals surface area contributed by atoms with Crippen LogP contribution in [0.3, 0.4) is 0 Å². The number of phenolic OH excluding ortho intramolecular Hbond substituents is 4. The van der Waals surface area contributed by atoms with Crippen molar-refractivity contribution in [2.24, 2.45) is 15.3 Å². The number of thioether (sulfide) groups is 1. The van der Waals surface area contributed by atoms with Crippen molar-refractivity contribution < 1.29 is 49.8 Å². The molecule has 10 heteroatoms. The van der Waals surface area contributed by atoms with Gasteiger partial charge in [0.05, 0.1) is 12.4 Å². The highest BCUT2D eigenvalue weighted by atomic mass is 127. The van der Waals surface area contributed by atoms with Gasteiger partial charge in [-0.2, -0.15) is 10.5 Å². The highest BCUT2D eigenvalue weighted by molar-refractivity contribution is 8.12. The van der Waals surface area contributed by atoms with Crippen molar-refractivity contribution in [2.45, 2.75) is 0 Å². The summed E-state index contributed by atoms with van der Waals surface area (Å²) >= 11 is 1.32. The molecule has 0 aliphatic heterocycles. The van der Waals surface area contributed by atoms with Crippen LogP contribution in [0, 0.1) is 0 Å². The van der Waals surface area contributed by atoms with Gasteiger partial charge in [0, 0.05) is 23.3 Å². The second-order valence-electron chi connectivity index (χ2n) is 4.78. The summed E-state index contributed by atoms with van der Waals surface area (Å²) in [7, 11) is 0. The summed E-state index contributed by atoms with van der Waals surface area (Å²) in [4.78, 5) is 0. The molecule has 0 fully saturated rings. The smallest absolute Gasteiger partial charge is 0.305 e. The van der Waals surface area contributed by atoms with Gasteiger partial charge in [0.15, 0.2) is 0 Å². The monoisotopic (exact) mass is 488 g/mol. The second kappa shape index (κ2) is 10.6.